The van der Waals surface area contributed by atoms with Gasteiger partial charge < -0.3 is 14.2 Å². The third-order valence-electron chi connectivity index (χ3n) is 6.56. The molecule has 0 aliphatic heterocycles. The lowest BCUT2D eigenvalue weighted by molar-refractivity contribution is -0.118. The molecule has 4 heteroatoms. The van der Waals surface area contributed by atoms with Crippen molar-refractivity contribution in [3.05, 3.63) is 96.1 Å². The van der Waals surface area contributed by atoms with Crippen LogP contribution in [0.3, 0.4) is 0 Å². The monoisotopic (exact) mass is 476 g/mol. The zero-order chi connectivity index (χ0) is 25.1. The van der Waals surface area contributed by atoms with Crippen molar-refractivity contribution in [2.75, 3.05) is 6.79 Å². The third kappa shape index (κ3) is 8.28. The minimum Gasteiger partial charge on any atom is -0.366 e. The number of Topliss-reactive ketones (excluding diaryl/α,β-unsaturated/α-hetero) is 1. The van der Waals surface area contributed by atoms with Gasteiger partial charge in [-0.1, -0.05) is 106 Å². The molecule has 1 unspecified atom stereocenters. The molecule has 0 amide bonds. The first-order chi connectivity index (χ1) is 16.9. The van der Waals surface area contributed by atoms with Crippen LogP contribution in [0.2, 0.25) is 0 Å². The van der Waals surface area contributed by atoms with Gasteiger partial charge in [-0.2, -0.15) is 0 Å². The maximum absolute atomic E-state index is 12.6. The summed E-state index contributed by atoms with van der Waals surface area (Å²) >= 11 is 0. The Morgan fingerprint density at radius 1 is 1.06 bits per heavy atom. The highest BCUT2D eigenvalue weighted by Crippen LogP contribution is 2.37. The summed E-state index contributed by atoms with van der Waals surface area (Å²) < 4.78 is 18.3. The van der Waals surface area contributed by atoms with E-state index in [9.17, 15) is 4.79 Å². The largest absolute Gasteiger partial charge is 0.366 e. The summed E-state index contributed by atoms with van der Waals surface area (Å²) in [7, 11) is 0. The molecule has 1 aliphatic carbocycles. The van der Waals surface area contributed by atoms with E-state index in [0.717, 1.165) is 36.8 Å². The second kappa shape index (κ2) is 13.5. The Morgan fingerprint density at radius 3 is 2.43 bits per heavy atom. The molecule has 2 aromatic rings. The van der Waals surface area contributed by atoms with Gasteiger partial charge in [0.05, 0.1) is 24.4 Å². The van der Waals surface area contributed by atoms with Gasteiger partial charge in [-0.3, -0.25) is 4.79 Å². The van der Waals surface area contributed by atoms with Crippen molar-refractivity contribution in [2.45, 2.75) is 77.3 Å². The number of benzene rings is 2. The van der Waals surface area contributed by atoms with Gasteiger partial charge in [0.2, 0.25) is 0 Å². The van der Waals surface area contributed by atoms with Crippen molar-refractivity contribution >= 4 is 5.78 Å². The lowest BCUT2D eigenvalue weighted by atomic mass is 9.95. The van der Waals surface area contributed by atoms with Crippen LogP contribution >= 0.6 is 0 Å². The molecular formula is C31H40O4. The molecule has 2 aromatic carbocycles. The topological polar surface area (TPSA) is 44.8 Å². The molecular weight excluding hydrogens is 436 g/mol. The van der Waals surface area contributed by atoms with E-state index in [1.807, 2.05) is 48.5 Å². The first kappa shape index (κ1) is 27.1. The molecule has 0 saturated heterocycles. The number of ketones is 1. The molecule has 188 valence electrons. The van der Waals surface area contributed by atoms with E-state index in [4.69, 9.17) is 14.2 Å². The molecule has 3 rings (SSSR count). The van der Waals surface area contributed by atoms with Crippen LogP contribution in [0.5, 0.6) is 0 Å². The van der Waals surface area contributed by atoms with Crippen molar-refractivity contribution in [3.8, 4) is 0 Å². The summed E-state index contributed by atoms with van der Waals surface area (Å²) in [6.07, 6.45) is 8.46. The van der Waals surface area contributed by atoms with Gasteiger partial charge in [-0.25, -0.2) is 0 Å². The normalized spacial score (nSPS) is 19.5. The van der Waals surface area contributed by atoms with Crippen LogP contribution in [0.1, 0.15) is 64.0 Å². The fraction of sp³-hybridized carbons (Fsp3) is 0.452. The predicted molar refractivity (Wildman–Crippen MR) is 141 cm³/mol. The van der Waals surface area contributed by atoms with E-state index in [-0.39, 0.29) is 30.7 Å². The lowest BCUT2D eigenvalue weighted by Gasteiger charge is -2.31. The minimum absolute atomic E-state index is 0.0724. The molecule has 0 aromatic heterocycles. The molecule has 0 bridgehead atoms. The van der Waals surface area contributed by atoms with E-state index in [2.05, 4.69) is 51.6 Å². The quantitative estimate of drug-likeness (QED) is 0.126. The molecule has 1 aliphatic rings. The smallest absolute Gasteiger partial charge is 0.161 e. The van der Waals surface area contributed by atoms with Crippen molar-refractivity contribution in [1.82, 2.24) is 0 Å². The summed E-state index contributed by atoms with van der Waals surface area (Å²) in [4.78, 5) is 12.6. The van der Waals surface area contributed by atoms with Gasteiger partial charge in [0, 0.05) is 12.3 Å². The Labute approximate surface area is 211 Å². The average molecular weight is 477 g/mol. The predicted octanol–water partition coefficient (Wildman–Crippen LogP) is 7.15. The molecule has 0 spiro atoms. The van der Waals surface area contributed by atoms with Crippen molar-refractivity contribution in [3.63, 3.8) is 0 Å². The third-order valence-corrected chi connectivity index (χ3v) is 6.56. The molecule has 1 fully saturated rings. The van der Waals surface area contributed by atoms with Crippen LogP contribution in [0.15, 0.2) is 85.0 Å². The highest BCUT2D eigenvalue weighted by Gasteiger charge is 2.39. The molecule has 35 heavy (non-hydrogen) atoms. The van der Waals surface area contributed by atoms with Gasteiger partial charge in [0.1, 0.15) is 6.79 Å². The summed E-state index contributed by atoms with van der Waals surface area (Å²) in [5, 5.41) is 0. The molecule has 4 nitrogen and oxygen atoms in total. The molecule has 0 N–H and O–H groups in total. The lowest BCUT2D eigenvalue weighted by Crippen LogP contribution is -2.30. The summed E-state index contributed by atoms with van der Waals surface area (Å²) in [6, 6.07) is 20.2. The van der Waals surface area contributed by atoms with Gasteiger partial charge in [-0.15, -0.1) is 0 Å². The minimum atomic E-state index is -0.509. The van der Waals surface area contributed by atoms with Crippen LogP contribution in [-0.2, 0) is 31.2 Å². The maximum Gasteiger partial charge on any atom is 0.161 e. The summed E-state index contributed by atoms with van der Waals surface area (Å²) in [5.74, 6) is -0.0869. The fourth-order valence-electron chi connectivity index (χ4n) is 4.44. The van der Waals surface area contributed by atoms with Crippen molar-refractivity contribution in [1.29, 1.82) is 0 Å². The van der Waals surface area contributed by atoms with Crippen LogP contribution < -0.4 is 0 Å². The van der Waals surface area contributed by atoms with Crippen molar-refractivity contribution < 1.29 is 19.0 Å². The van der Waals surface area contributed by atoms with E-state index >= 15 is 0 Å². The first-order valence-corrected chi connectivity index (χ1v) is 12.8. The SMILES string of the molecule is C=C1C(=O)CC(OC(C)(C)c2ccccc2)[C@@H]1/C=C/[C@@H](CCCCC)OCOCc1ccccc1. The zero-order valence-electron chi connectivity index (χ0n) is 21.5. The Kier molecular flexibility index (Phi) is 10.5. The zero-order valence-corrected chi connectivity index (χ0v) is 21.5. The van der Waals surface area contributed by atoms with E-state index in [0.29, 0.717) is 18.6 Å². The number of hydrogen-bond acceptors (Lipinski definition) is 4. The van der Waals surface area contributed by atoms with Gasteiger partial charge in [0.25, 0.3) is 0 Å². The maximum atomic E-state index is 12.6. The van der Waals surface area contributed by atoms with E-state index < -0.39 is 5.60 Å². The van der Waals surface area contributed by atoms with E-state index in [1.165, 1.54) is 0 Å². The highest BCUT2D eigenvalue weighted by atomic mass is 16.7. The van der Waals surface area contributed by atoms with Gasteiger partial charge >= 0.3 is 0 Å². The molecule has 1 saturated carbocycles. The van der Waals surface area contributed by atoms with Crippen LogP contribution in [0, 0.1) is 5.92 Å². The Morgan fingerprint density at radius 2 is 1.74 bits per heavy atom. The number of ether oxygens (including phenoxy) is 3. The summed E-state index contributed by atoms with van der Waals surface area (Å²) in [6.45, 7) is 11.1. The second-order valence-corrected chi connectivity index (χ2v) is 9.75. The Hall–Kier alpha value is -2.53. The second-order valence-electron chi connectivity index (χ2n) is 9.75. The molecule has 0 radical (unpaired) electrons. The standard InChI is InChI=1S/C31H40O4/c1-5-6-9-18-27(34-23-33-22-25-14-10-7-11-15-25)19-20-28-24(2)29(32)21-30(28)35-31(3,4)26-16-12-8-13-17-26/h7-8,10-17,19-20,27-28,30H,2,5-6,9,18,21-23H2,1,3-4H3/b20-19+/t27-,28-,30?/m1/s1. The number of carbonyl (C=O) groups is 1. The average Bonchev–Trinajstić information content (AvgIpc) is 3.12. The van der Waals surface area contributed by atoms with Gasteiger partial charge in [0.15, 0.2) is 5.78 Å². The number of hydrogen-bond donors (Lipinski definition) is 0. The Bertz CT molecular complexity index is 948. The van der Waals surface area contributed by atoms with Crippen LogP contribution in [-0.4, -0.2) is 24.8 Å². The molecule has 3 atom stereocenters. The molecule has 0 heterocycles. The first-order valence-electron chi connectivity index (χ1n) is 12.8. The number of carbonyl (C=O) groups excluding carboxylic acids is 1. The van der Waals surface area contributed by atoms with Crippen molar-refractivity contribution in [2.24, 2.45) is 5.92 Å². The number of unbranched alkanes of at least 4 members (excludes halogenated alkanes) is 2. The Balaban J connectivity index is 1.63. The van der Waals surface area contributed by atoms with Gasteiger partial charge in [-0.05, 0) is 37.0 Å². The van der Waals surface area contributed by atoms with Crippen LogP contribution in [0.25, 0.3) is 0 Å². The fourth-order valence-corrected chi connectivity index (χ4v) is 4.44. The van der Waals surface area contributed by atoms with Crippen LogP contribution in [0.4, 0.5) is 0 Å². The number of rotatable bonds is 14. The highest BCUT2D eigenvalue weighted by molar-refractivity contribution is 5.98. The summed E-state index contributed by atoms with van der Waals surface area (Å²) in [5.41, 5.74) is 2.31. The van der Waals surface area contributed by atoms with E-state index in [1.54, 1.807) is 0 Å².